The minimum absolute atomic E-state index is 0.0938. The summed E-state index contributed by atoms with van der Waals surface area (Å²) in [5.74, 6) is -3.92. The summed E-state index contributed by atoms with van der Waals surface area (Å²) in [5.41, 5.74) is 6.55. The molecule has 0 saturated carbocycles. The summed E-state index contributed by atoms with van der Waals surface area (Å²) in [4.78, 5) is 29.7. The second kappa shape index (κ2) is 10.2. The lowest BCUT2D eigenvalue weighted by Crippen LogP contribution is -2.16. The fourth-order valence-electron chi connectivity index (χ4n) is 3.57. The third-order valence-corrected chi connectivity index (χ3v) is 6.29. The summed E-state index contributed by atoms with van der Waals surface area (Å²) >= 11 is 7.73. The fraction of sp³-hybridized carbons (Fsp3) is 0.0385. The van der Waals surface area contributed by atoms with E-state index in [1.165, 1.54) is 11.8 Å². The van der Waals surface area contributed by atoms with Crippen molar-refractivity contribution < 1.29 is 18.4 Å². The molecule has 0 aliphatic carbocycles. The van der Waals surface area contributed by atoms with Gasteiger partial charge in [0.25, 0.3) is 11.8 Å². The van der Waals surface area contributed by atoms with Crippen LogP contribution in [0, 0.1) is 11.6 Å². The number of halogens is 3. The first-order valence-electron chi connectivity index (χ1n) is 10.3. The summed E-state index contributed by atoms with van der Waals surface area (Å²) < 4.78 is 29.0. The van der Waals surface area contributed by atoms with Crippen LogP contribution >= 0.6 is 23.4 Å². The van der Waals surface area contributed by atoms with Crippen molar-refractivity contribution in [2.45, 2.75) is 4.90 Å². The van der Waals surface area contributed by atoms with E-state index in [1.807, 2.05) is 12.3 Å². The Morgan fingerprint density at radius 1 is 0.971 bits per heavy atom. The number of pyridine rings is 1. The molecule has 1 aromatic heterocycles. The summed E-state index contributed by atoms with van der Waals surface area (Å²) in [6.07, 6.45) is 3.47. The number of hydrogen-bond acceptors (Lipinski definition) is 4. The molecule has 35 heavy (non-hydrogen) atoms. The fourth-order valence-corrected chi connectivity index (χ4v) is 4.23. The summed E-state index contributed by atoms with van der Waals surface area (Å²) in [5, 5.41) is 3.27. The van der Waals surface area contributed by atoms with Gasteiger partial charge in [-0.05, 0) is 78.0 Å². The van der Waals surface area contributed by atoms with Gasteiger partial charge in [-0.15, -0.1) is 11.8 Å². The number of benzene rings is 3. The van der Waals surface area contributed by atoms with Crippen LogP contribution in [-0.2, 0) is 0 Å². The number of primary amides is 1. The zero-order valence-electron chi connectivity index (χ0n) is 18.3. The average molecular weight is 510 g/mol. The molecule has 1 heterocycles. The van der Waals surface area contributed by atoms with Crippen LogP contribution in [0.15, 0.2) is 77.8 Å². The summed E-state index contributed by atoms with van der Waals surface area (Å²) in [7, 11) is 0. The van der Waals surface area contributed by atoms with Crippen LogP contribution in [0.2, 0.25) is 5.02 Å². The van der Waals surface area contributed by atoms with Gasteiger partial charge in [-0.3, -0.25) is 14.6 Å². The molecule has 3 aromatic carbocycles. The van der Waals surface area contributed by atoms with Crippen LogP contribution < -0.4 is 11.1 Å². The molecular weight excluding hydrogens is 492 g/mol. The van der Waals surface area contributed by atoms with Gasteiger partial charge in [0.05, 0.1) is 10.7 Å². The van der Waals surface area contributed by atoms with E-state index in [0.29, 0.717) is 27.5 Å². The number of hydrogen-bond donors (Lipinski definition) is 2. The molecule has 4 rings (SSSR count). The Bertz CT molecular complexity index is 1430. The van der Waals surface area contributed by atoms with Crippen molar-refractivity contribution >= 4 is 40.9 Å². The highest BCUT2D eigenvalue weighted by molar-refractivity contribution is 7.98. The topological polar surface area (TPSA) is 85.1 Å². The third kappa shape index (κ3) is 5.18. The molecule has 0 atom stereocenters. The quantitative estimate of drug-likeness (QED) is 0.294. The lowest BCUT2D eigenvalue weighted by Gasteiger charge is -2.14. The molecule has 0 aliphatic heterocycles. The van der Waals surface area contributed by atoms with Gasteiger partial charge in [-0.1, -0.05) is 17.7 Å². The molecule has 3 N–H and O–H groups in total. The van der Waals surface area contributed by atoms with E-state index < -0.39 is 29.0 Å². The number of nitrogens with zero attached hydrogens (tertiary/aromatic N) is 1. The standard InChI is InChI=1S/C26H18ClF2N3O2S/c1-35-16-6-7-17(18(13-16)14-10-21(28)24(25(30)33)22(29)11-14)26(34)32-15-5-8-20(27)19(12-15)23-4-2-3-9-31-23/h2-13H,1H3,(H2,30,33)(H,32,34). The Morgan fingerprint density at radius 2 is 1.71 bits per heavy atom. The van der Waals surface area contributed by atoms with Gasteiger partial charge in [0.15, 0.2) is 0 Å². The Kier molecular flexibility index (Phi) is 7.14. The van der Waals surface area contributed by atoms with E-state index in [2.05, 4.69) is 10.3 Å². The van der Waals surface area contributed by atoms with Gasteiger partial charge in [-0.2, -0.15) is 0 Å². The van der Waals surface area contributed by atoms with Crippen molar-refractivity contribution in [2.24, 2.45) is 5.73 Å². The average Bonchev–Trinajstić information content (AvgIpc) is 2.84. The van der Waals surface area contributed by atoms with Crippen LogP contribution in [0.4, 0.5) is 14.5 Å². The van der Waals surface area contributed by atoms with E-state index in [4.69, 9.17) is 17.3 Å². The largest absolute Gasteiger partial charge is 0.365 e. The van der Waals surface area contributed by atoms with Crippen molar-refractivity contribution in [1.82, 2.24) is 4.98 Å². The van der Waals surface area contributed by atoms with Crippen LogP contribution in [0.1, 0.15) is 20.7 Å². The molecule has 0 fully saturated rings. The number of amides is 2. The first-order chi connectivity index (χ1) is 16.8. The first kappa shape index (κ1) is 24.4. The molecule has 4 aromatic rings. The van der Waals surface area contributed by atoms with E-state index in [1.54, 1.807) is 54.7 Å². The first-order valence-corrected chi connectivity index (χ1v) is 11.9. The minimum atomic E-state index is -1.21. The van der Waals surface area contributed by atoms with Gasteiger partial charge < -0.3 is 11.1 Å². The van der Waals surface area contributed by atoms with Crippen molar-refractivity contribution in [1.29, 1.82) is 0 Å². The number of carbonyl (C=O) groups excluding carboxylic acids is 2. The van der Waals surface area contributed by atoms with Crippen molar-refractivity contribution in [2.75, 3.05) is 11.6 Å². The Labute approximate surface area is 209 Å². The van der Waals surface area contributed by atoms with Gasteiger partial charge in [0, 0.05) is 27.9 Å². The molecule has 0 saturated heterocycles. The number of nitrogens with two attached hydrogens (primary N) is 1. The monoisotopic (exact) mass is 509 g/mol. The van der Waals surface area contributed by atoms with E-state index in [-0.39, 0.29) is 11.1 Å². The third-order valence-electron chi connectivity index (χ3n) is 5.24. The minimum Gasteiger partial charge on any atom is -0.365 e. The smallest absolute Gasteiger partial charge is 0.256 e. The molecule has 5 nitrogen and oxygen atoms in total. The van der Waals surface area contributed by atoms with Gasteiger partial charge in [0.1, 0.15) is 17.2 Å². The Morgan fingerprint density at radius 3 is 2.34 bits per heavy atom. The van der Waals surface area contributed by atoms with Crippen molar-refractivity contribution in [3.63, 3.8) is 0 Å². The number of carbonyl (C=O) groups is 2. The van der Waals surface area contributed by atoms with Crippen LogP contribution in [0.5, 0.6) is 0 Å². The van der Waals surface area contributed by atoms with Crippen molar-refractivity contribution in [3.05, 3.63) is 101 Å². The highest BCUT2D eigenvalue weighted by atomic mass is 35.5. The molecule has 9 heteroatoms. The lowest BCUT2D eigenvalue weighted by molar-refractivity contribution is 0.0990. The zero-order chi connectivity index (χ0) is 25.1. The van der Waals surface area contributed by atoms with Crippen molar-refractivity contribution in [3.8, 4) is 22.4 Å². The Balaban J connectivity index is 1.74. The molecule has 0 spiro atoms. The van der Waals surface area contributed by atoms with Crippen LogP contribution in [0.25, 0.3) is 22.4 Å². The second-order valence-corrected chi connectivity index (χ2v) is 8.74. The molecular formula is C26H18ClF2N3O2S. The second-order valence-electron chi connectivity index (χ2n) is 7.45. The Hall–Kier alpha value is -3.75. The normalized spacial score (nSPS) is 10.7. The molecule has 0 bridgehead atoms. The predicted octanol–water partition coefficient (Wildman–Crippen LogP) is 6.42. The van der Waals surface area contributed by atoms with Crippen LogP contribution in [-0.4, -0.2) is 23.1 Å². The molecule has 0 radical (unpaired) electrons. The number of rotatable bonds is 6. The molecule has 0 unspecified atom stereocenters. The number of nitrogens with one attached hydrogen (secondary N) is 1. The molecule has 2 amide bonds. The van der Waals surface area contributed by atoms with Gasteiger partial charge >= 0.3 is 0 Å². The SMILES string of the molecule is CSc1ccc(C(=O)Nc2ccc(Cl)c(-c3ccccn3)c2)c(-c2cc(F)c(C(N)=O)c(F)c2)c1. The maximum absolute atomic E-state index is 14.5. The van der Waals surface area contributed by atoms with E-state index in [9.17, 15) is 18.4 Å². The summed E-state index contributed by atoms with van der Waals surface area (Å²) in [6.45, 7) is 0. The van der Waals surface area contributed by atoms with E-state index >= 15 is 0 Å². The molecule has 176 valence electrons. The van der Waals surface area contributed by atoms with Crippen LogP contribution in [0.3, 0.4) is 0 Å². The van der Waals surface area contributed by atoms with Gasteiger partial charge in [0.2, 0.25) is 0 Å². The number of thioether (sulfide) groups is 1. The number of aromatic nitrogens is 1. The molecule has 0 aliphatic rings. The zero-order valence-corrected chi connectivity index (χ0v) is 19.9. The predicted molar refractivity (Wildman–Crippen MR) is 135 cm³/mol. The highest BCUT2D eigenvalue weighted by Crippen LogP contribution is 2.33. The highest BCUT2D eigenvalue weighted by Gasteiger charge is 2.20. The number of anilines is 1. The maximum atomic E-state index is 14.5. The van der Waals surface area contributed by atoms with E-state index in [0.717, 1.165) is 17.0 Å². The summed E-state index contributed by atoms with van der Waals surface area (Å²) in [6, 6.07) is 17.3. The maximum Gasteiger partial charge on any atom is 0.256 e. The lowest BCUT2D eigenvalue weighted by atomic mass is 9.97. The van der Waals surface area contributed by atoms with Gasteiger partial charge in [-0.25, -0.2) is 8.78 Å².